The monoisotopic (exact) mass is 255 g/mol. The van der Waals surface area contributed by atoms with Crippen LogP contribution in [0.25, 0.3) is 0 Å². The number of piperazine rings is 1. The normalized spacial score (nSPS) is 19.1. The van der Waals surface area contributed by atoms with E-state index in [1.807, 2.05) is 6.07 Å². The first-order valence-corrected chi connectivity index (χ1v) is 6.73. The lowest BCUT2D eigenvalue weighted by molar-refractivity contribution is -0.380. The van der Waals surface area contributed by atoms with Gasteiger partial charge < -0.3 is 5.32 Å². The summed E-state index contributed by atoms with van der Waals surface area (Å²) < 4.78 is 0. The molecule has 5 nitrogen and oxygen atoms in total. The highest BCUT2D eigenvalue weighted by atomic mass is 32.1. The Morgan fingerprint density at radius 3 is 2.76 bits per heavy atom. The lowest BCUT2D eigenvalue weighted by Crippen LogP contribution is -2.44. The summed E-state index contributed by atoms with van der Waals surface area (Å²) in [4.78, 5) is 13.9. The van der Waals surface area contributed by atoms with E-state index in [-0.39, 0.29) is 9.92 Å². The van der Waals surface area contributed by atoms with Crippen molar-refractivity contribution in [2.45, 2.75) is 19.4 Å². The lowest BCUT2D eigenvalue weighted by atomic mass is 10.1. The summed E-state index contributed by atoms with van der Waals surface area (Å²) in [5, 5.41) is 14.3. The molecule has 1 N–H and O–H groups in total. The van der Waals surface area contributed by atoms with E-state index in [4.69, 9.17) is 0 Å². The van der Waals surface area contributed by atoms with Crippen LogP contribution in [0, 0.1) is 10.1 Å². The van der Waals surface area contributed by atoms with E-state index in [1.54, 1.807) is 6.07 Å². The summed E-state index contributed by atoms with van der Waals surface area (Å²) in [5.41, 5.74) is 0. The molecule has 2 heterocycles. The van der Waals surface area contributed by atoms with E-state index in [1.165, 1.54) is 11.3 Å². The van der Waals surface area contributed by atoms with E-state index in [9.17, 15) is 10.1 Å². The van der Waals surface area contributed by atoms with Gasteiger partial charge in [-0.2, -0.15) is 0 Å². The van der Waals surface area contributed by atoms with E-state index in [0.29, 0.717) is 6.04 Å². The molecule has 0 spiro atoms. The highest BCUT2D eigenvalue weighted by Gasteiger charge is 2.23. The van der Waals surface area contributed by atoms with Crippen LogP contribution in [0.1, 0.15) is 24.3 Å². The SMILES string of the molecule is CC[C@@H](c1ccc([N+](=O)[O-])s1)N1CCNCC1. The Bertz CT molecular complexity index is 388. The Morgan fingerprint density at radius 1 is 1.53 bits per heavy atom. The first-order valence-electron chi connectivity index (χ1n) is 5.91. The molecular formula is C11H17N3O2S. The third-order valence-corrected chi connectivity index (χ3v) is 4.24. The van der Waals surface area contributed by atoms with Crippen molar-refractivity contribution < 1.29 is 4.92 Å². The Morgan fingerprint density at radius 2 is 2.24 bits per heavy atom. The van der Waals surface area contributed by atoms with Crippen LogP contribution in [0.3, 0.4) is 0 Å². The van der Waals surface area contributed by atoms with Crippen molar-refractivity contribution in [2.24, 2.45) is 0 Å². The van der Waals surface area contributed by atoms with Gasteiger partial charge in [0.05, 0.1) is 4.92 Å². The molecule has 17 heavy (non-hydrogen) atoms. The van der Waals surface area contributed by atoms with Crippen molar-refractivity contribution >= 4 is 16.3 Å². The topological polar surface area (TPSA) is 58.4 Å². The molecule has 0 radical (unpaired) electrons. The summed E-state index contributed by atoms with van der Waals surface area (Å²) >= 11 is 1.31. The van der Waals surface area contributed by atoms with Crippen LogP contribution >= 0.6 is 11.3 Å². The van der Waals surface area contributed by atoms with Crippen LogP contribution in [-0.2, 0) is 0 Å². The predicted octanol–water partition coefficient (Wildman–Crippen LogP) is 2.01. The molecule has 1 atom stereocenters. The van der Waals surface area contributed by atoms with Gasteiger partial charge in [0.15, 0.2) is 0 Å². The second-order valence-corrected chi connectivity index (χ2v) is 5.24. The Kier molecular flexibility index (Phi) is 4.09. The van der Waals surface area contributed by atoms with Gasteiger partial charge in [-0.3, -0.25) is 15.0 Å². The first-order chi connectivity index (χ1) is 8.22. The quantitative estimate of drug-likeness (QED) is 0.660. The Labute approximate surface area is 105 Å². The van der Waals surface area contributed by atoms with Crippen molar-refractivity contribution in [3.63, 3.8) is 0 Å². The van der Waals surface area contributed by atoms with Crippen molar-refractivity contribution in [1.82, 2.24) is 10.2 Å². The molecule has 1 aliphatic heterocycles. The fraction of sp³-hybridized carbons (Fsp3) is 0.636. The maximum atomic E-state index is 10.7. The predicted molar refractivity (Wildman–Crippen MR) is 68.4 cm³/mol. The zero-order valence-electron chi connectivity index (χ0n) is 9.89. The first kappa shape index (κ1) is 12.5. The van der Waals surface area contributed by atoms with Gasteiger partial charge in [-0.1, -0.05) is 18.3 Å². The third kappa shape index (κ3) is 2.83. The van der Waals surface area contributed by atoms with Gasteiger partial charge in [0.1, 0.15) is 0 Å². The summed E-state index contributed by atoms with van der Waals surface area (Å²) in [5.74, 6) is 0. The fourth-order valence-corrected chi connectivity index (χ4v) is 3.29. The number of hydrogen-bond donors (Lipinski definition) is 1. The molecule has 6 heteroatoms. The number of nitro groups is 1. The summed E-state index contributed by atoms with van der Waals surface area (Å²) in [7, 11) is 0. The molecule has 1 saturated heterocycles. The maximum absolute atomic E-state index is 10.7. The van der Waals surface area contributed by atoms with Crippen LogP contribution in [-0.4, -0.2) is 36.0 Å². The minimum atomic E-state index is -0.307. The smallest absolute Gasteiger partial charge is 0.314 e. The molecule has 0 bridgehead atoms. The van der Waals surface area contributed by atoms with Crippen molar-refractivity contribution in [2.75, 3.05) is 26.2 Å². The van der Waals surface area contributed by atoms with Crippen LogP contribution in [0.5, 0.6) is 0 Å². The molecule has 1 aromatic heterocycles. The zero-order valence-corrected chi connectivity index (χ0v) is 10.7. The number of nitrogens with one attached hydrogen (secondary N) is 1. The molecule has 0 aliphatic carbocycles. The second kappa shape index (κ2) is 5.57. The van der Waals surface area contributed by atoms with E-state index in [2.05, 4.69) is 17.1 Å². The average Bonchev–Trinajstić information content (AvgIpc) is 2.81. The van der Waals surface area contributed by atoms with Crippen molar-refractivity contribution in [3.05, 3.63) is 27.1 Å². The Hall–Kier alpha value is -0.980. The van der Waals surface area contributed by atoms with E-state index < -0.39 is 0 Å². The van der Waals surface area contributed by atoms with Gasteiger partial charge in [0.2, 0.25) is 0 Å². The molecule has 1 aliphatic rings. The zero-order chi connectivity index (χ0) is 12.3. The molecule has 0 aromatic carbocycles. The molecule has 1 aromatic rings. The highest BCUT2D eigenvalue weighted by Crippen LogP contribution is 2.33. The standard InChI is InChI=1S/C11H17N3O2S/c1-2-9(13-7-5-12-6-8-13)10-3-4-11(17-10)14(15)16/h3-4,9,12H,2,5-8H2,1H3/t9-/m0/s1. The van der Waals surface area contributed by atoms with E-state index in [0.717, 1.165) is 37.5 Å². The number of rotatable bonds is 4. The summed E-state index contributed by atoms with van der Waals surface area (Å²) in [6.07, 6.45) is 0.998. The minimum absolute atomic E-state index is 0.244. The largest absolute Gasteiger partial charge is 0.324 e. The van der Waals surface area contributed by atoms with Crippen LogP contribution in [0.2, 0.25) is 0 Å². The third-order valence-electron chi connectivity index (χ3n) is 3.10. The molecular weight excluding hydrogens is 238 g/mol. The fourth-order valence-electron chi connectivity index (χ4n) is 2.25. The molecule has 94 valence electrons. The van der Waals surface area contributed by atoms with Gasteiger partial charge in [0.25, 0.3) is 0 Å². The van der Waals surface area contributed by atoms with Gasteiger partial charge in [-0.05, 0) is 12.5 Å². The number of nitrogens with zero attached hydrogens (tertiary/aromatic N) is 2. The van der Waals surface area contributed by atoms with Crippen molar-refractivity contribution in [1.29, 1.82) is 0 Å². The molecule has 1 fully saturated rings. The molecule has 0 saturated carbocycles. The number of thiophene rings is 1. The Balaban J connectivity index is 2.12. The average molecular weight is 255 g/mol. The van der Waals surface area contributed by atoms with E-state index >= 15 is 0 Å². The van der Waals surface area contributed by atoms with Gasteiger partial charge in [0, 0.05) is 43.2 Å². The minimum Gasteiger partial charge on any atom is -0.314 e. The lowest BCUT2D eigenvalue weighted by Gasteiger charge is -2.33. The van der Waals surface area contributed by atoms with Crippen molar-refractivity contribution in [3.8, 4) is 0 Å². The summed E-state index contributed by atoms with van der Waals surface area (Å²) in [6, 6.07) is 3.85. The number of hydrogen-bond acceptors (Lipinski definition) is 5. The highest BCUT2D eigenvalue weighted by molar-refractivity contribution is 7.15. The maximum Gasteiger partial charge on any atom is 0.324 e. The van der Waals surface area contributed by atoms with Crippen LogP contribution < -0.4 is 5.32 Å². The van der Waals surface area contributed by atoms with Crippen LogP contribution in [0.4, 0.5) is 5.00 Å². The molecule has 0 amide bonds. The van der Waals surface area contributed by atoms with Gasteiger partial charge in [-0.25, -0.2) is 0 Å². The van der Waals surface area contributed by atoms with Crippen LogP contribution in [0.15, 0.2) is 12.1 Å². The summed E-state index contributed by atoms with van der Waals surface area (Å²) in [6.45, 7) is 6.18. The molecule has 2 rings (SSSR count). The van der Waals surface area contributed by atoms with Gasteiger partial charge in [-0.15, -0.1) is 0 Å². The van der Waals surface area contributed by atoms with Gasteiger partial charge >= 0.3 is 5.00 Å². The molecule has 0 unspecified atom stereocenters. The second-order valence-electron chi connectivity index (χ2n) is 4.14.